The van der Waals surface area contributed by atoms with E-state index >= 15 is 0 Å². The molecule has 170 valence electrons. The number of allylic oxidation sites excluding steroid dienone is 5. The average Bonchev–Trinajstić information content (AvgIpc) is 2.74. The van der Waals surface area contributed by atoms with Crippen LogP contribution in [0, 0.1) is 0 Å². The van der Waals surface area contributed by atoms with Crippen molar-refractivity contribution >= 4 is 23.4 Å². The second-order valence-electron chi connectivity index (χ2n) is 7.12. The minimum absolute atomic E-state index is 0.0226. The van der Waals surface area contributed by atoms with Gasteiger partial charge in [0.25, 0.3) is 0 Å². The van der Waals surface area contributed by atoms with Crippen molar-refractivity contribution < 1.29 is 14.6 Å². The summed E-state index contributed by atoms with van der Waals surface area (Å²) in [5.41, 5.74) is 6.68. The molecule has 0 saturated carbocycles. The Morgan fingerprint density at radius 3 is 2.58 bits per heavy atom. The molecule has 8 heteroatoms. The Balaban J connectivity index is 2.45. The zero-order chi connectivity index (χ0) is 22.9. The Morgan fingerprint density at radius 2 is 1.90 bits per heavy atom. The molecule has 0 atom stereocenters. The molecule has 0 spiro atoms. The third kappa shape index (κ3) is 11.6. The first-order valence-electron chi connectivity index (χ1n) is 10.8. The molecule has 8 nitrogen and oxygen atoms in total. The summed E-state index contributed by atoms with van der Waals surface area (Å²) in [5, 5.41) is 20.5. The normalized spacial score (nSPS) is 11.9. The van der Waals surface area contributed by atoms with Crippen LogP contribution in [-0.2, 0) is 4.74 Å². The summed E-state index contributed by atoms with van der Waals surface area (Å²) in [6.07, 6.45) is 15.5. The monoisotopic (exact) mass is 429 g/mol. The van der Waals surface area contributed by atoms with Crippen molar-refractivity contribution in [1.82, 2.24) is 4.98 Å². The molecule has 4 N–H and O–H groups in total. The molecule has 0 saturated heterocycles. The van der Waals surface area contributed by atoms with E-state index < -0.39 is 6.09 Å². The number of carbonyl (C=O) groups excluding carboxylic acids is 1. The molecule has 1 aromatic rings. The number of rotatable bonds is 14. The minimum atomic E-state index is -0.688. The lowest BCUT2D eigenvalue weighted by molar-refractivity contribution is 0.159. The standard InChI is InChI=1S/C23H35N5O3/c1-4-6-8-9-10-11-12-14-16-31-23(30)26-22-20(29)17-19(21(24)25-22)28-27-18(3)15-13-7-5-2/h5,7,13,15,17,29H,2,4,6,8-12,14,16H2,1,3H3,(H3,24,25,26,30)/b13-7-,18-15+,28-27+. The van der Waals surface area contributed by atoms with Crippen LogP contribution in [0.1, 0.15) is 65.2 Å². The van der Waals surface area contributed by atoms with E-state index in [1.165, 1.54) is 38.2 Å². The molecule has 31 heavy (non-hydrogen) atoms. The second kappa shape index (κ2) is 15.6. The van der Waals surface area contributed by atoms with Gasteiger partial charge in [0, 0.05) is 6.07 Å². The highest BCUT2D eigenvalue weighted by Gasteiger charge is 2.12. The average molecular weight is 430 g/mol. The molecular formula is C23H35N5O3. The maximum atomic E-state index is 11.9. The fraction of sp³-hybridized carbons (Fsp3) is 0.478. The molecule has 0 aliphatic rings. The van der Waals surface area contributed by atoms with E-state index in [1.807, 2.05) is 0 Å². The summed E-state index contributed by atoms with van der Waals surface area (Å²) < 4.78 is 5.14. The van der Waals surface area contributed by atoms with E-state index in [2.05, 4.69) is 34.0 Å². The van der Waals surface area contributed by atoms with Crippen LogP contribution in [0.4, 0.5) is 22.1 Å². The van der Waals surface area contributed by atoms with Gasteiger partial charge in [-0.15, -0.1) is 5.11 Å². The van der Waals surface area contributed by atoms with Crippen LogP contribution in [0.25, 0.3) is 0 Å². The molecule has 1 rings (SSSR count). The SMILES string of the molecule is C=C\C=C/C=C(C)/N=N/c1cc(O)c(NC(=O)OCCCCCCCCCC)nc1N. The summed E-state index contributed by atoms with van der Waals surface area (Å²) in [7, 11) is 0. The summed E-state index contributed by atoms with van der Waals surface area (Å²) in [6, 6.07) is 1.28. The largest absolute Gasteiger partial charge is 0.504 e. The number of nitrogen functional groups attached to an aromatic ring is 1. The van der Waals surface area contributed by atoms with Crippen molar-refractivity contribution in [2.45, 2.75) is 65.2 Å². The highest BCUT2D eigenvalue weighted by molar-refractivity contribution is 5.86. The van der Waals surface area contributed by atoms with Gasteiger partial charge in [0.2, 0.25) is 0 Å². The number of nitrogens with one attached hydrogen (secondary N) is 1. The number of unbranched alkanes of at least 4 members (excludes halogenated alkanes) is 7. The molecular weight excluding hydrogens is 394 g/mol. The second-order valence-corrected chi connectivity index (χ2v) is 7.12. The molecule has 0 fully saturated rings. The highest BCUT2D eigenvalue weighted by Crippen LogP contribution is 2.31. The number of ether oxygens (including phenoxy) is 1. The molecule has 0 unspecified atom stereocenters. The molecule has 0 aliphatic heterocycles. The Hall–Kier alpha value is -3.16. The number of carbonyl (C=O) groups is 1. The molecule has 1 heterocycles. The minimum Gasteiger partial charge on any atom is -0.504 e. The third-order valence-electron chi connectivity index (χ3n) is 4.36. The number of aromatic nitrogens is 1. The van der Waals surface area contributed by atoms with E-state index in [0.717, 1.165) is 19.3 Å². The van der Waals surface area contributed by atoms with Gasteiger partial charge in [-0.05, 0) is 19.4 Å². The number of anilines is 2. The molecule has 0 aliphatic carbocycles. The summed E-state index contributed by atoms with van der Waals surface area (Å²) in [5.74, 6) is -0.340. The predicted molar refractivity (Wildman–Crippen MR) is 126 cm³/mol. The zero-order valence-corrected chi connectivity index (χ0v) is 18.6. The Morgan fingerprint density at radius 1 is 1.23 bits per heavy atom. The highest BCUT2D eigenvalue weighted by atomic mass is 16.5. The molecule has 1 amide bonds. The first-order valence-corrected chi connectivity index (χ1v) is 10.8. The van der Waals surface area contributed by atoms with E-state index in [1.54, 1.807) is 31.2 Å². The number of azo groups is 1. The lowest BCUT2D eigenvalue weighted by atomic mass is 10.1. The van der Waals surface area contributed by atoms with Crippen molar-refractivity contribution in [2.24, 2.45) is 10.2 Å². The van der Waals surface area contributed by atoms with Crippen molar-refractivity contribution in [2.75, 3.05) is 17.7 Å². The van der Waals surface area contributed by atoms with Crippen LogP contribution in [0.2, 0.25) is 0 Å². The first kappa shape index (κ1) is 25.9. The topological polar surface area (TPSA) is 122 Å². The fourth-order valence-electron chi connectivity index (χ4n) is 2.65. The molecule has 0 bridgehead atoms. The van der Waals surface area contributed by atoms with Gasteiger partial charge in [-0.3, -0.25) is 5.32 Å². The maximum Gasteiger partial charge on any atom is 0.412 e. The Kier molecular flexibility index (Phi) is 13.1. The van der Waals surface area contributed by atoms with E-state index in [0.29, 0.717) is 12.3 Å². The van der Waals surface area contributed by atoms with E-state index in [4.69, 9.17) is 10.5 Å². The Bertz CT molecular complexity index is 788. The van der Waals surface area contributed by atoms with E-state index in [-0.39, 0.29) is 23.1 Å². The smallest absolute Gasteiger partial charge is 0.412 e. The lowest BCUT2D eigenvalue weighted by Gasteiger charge is -2.09. The number of nitrogens with two attached hydrogens (primary N) is 1. The van der Waals surface area contributed by atoms with Crippen LogP contribution >= 0.6 is 0 Å². The van der Waals surface area contributed by atoms with E-state index in [9.17, 15) is 9.90 Å². The van der Waals surface area contributed by atoms with Gasteiger partial charge >= 0.3 is 6.09 Å². The summed E-state index contributed by atoms with van der Waals surface area (Å²) in [4.78, 5) is 15.9. The molecule has 0 aromatic carbocycles. The molecule has 0 radical (unpaired) electrons. The van der Waals surface area contributed by atoms with Gasteiger partial charge in [-0.25, -0.2) is 9.78 Å². The predicted octanol–water partition coefficient (Wildman–Crippen LogP) is 6.79. The molecule has 1 aromatic heterocycles. The van der Waals surface area contributed by atoms with Crippen LogP contribution < -0.4 is 11.1 Å². The summed E-state index contributed by atoms with van der Waals surface area (Å²) in [6.45, 7) is 7.86. The fourth-order valence-corrected chi connectivity index (χ4v) is 2.65. The first-order chi connectivity index (χ1) is 15.0. The number of aromatic hydroxyl groups is 1. The van der Waals surface area contributed by atoms with Crippen LogP contribution in [-0.4, -0.2) is 22.8 Å². The van der Waals surface area contributed by atoms with Crippen molar-refractivity contribution in [3.8, 4) is 5.75 Å². The van der Waals surface area contributed by atoms with Crippen LogP contribution in [0.3, 0.4) is 0 Å². The number of nitrogens with zero attached hydrogens (tertiary/aromatic N) is 3. The summed E-state index contributed by atoms with van der Waals surface area (Å²) >= 11 is 0. The van der Waals surface area contributed by atoms with Crippen molar-refractivity contribution in [3.63, 3.8) is 0 Å². The van der Waals surface area contributed by atoms with Gasteiger partial charge in [0.15, 0.2) is 17.4 Å². The Labute approximate surface area is 185 Å². The number of hydrogen-bond acceptors (Lipinski definition) is 7. The van der Waals surface area contributed by atoms with Crippen molar-refractivity contribution in [3.05, 3.63) is 42.6 Å². The van der Waals surface area contributed by atoms with Crippen molar-refractivity contribution in [1.29, 1.82) is 0 Å². The number of amides is 1. The van der Waals surface area contributed by atoms with Gasteiger partial charge in [-0.1, -0.05) is 76.7 Å². The lowest BCUT2D eigenvalue weighted by Crippen LogP contribution is -2.15. The van der Waals surface area contributed by atoms with Gasteiger partial charge < -0.3 is 15.6 Å². The van der Waals surface area contributed by atoms with Crippen LogP contribution in [0.15, 0.2) is 52.9 Å². The van der Waals surface area contributed by atoms with Gasteiger partial charge in [0.05, 0.1) is 12.3 Å². The quantitative estimate of drug-likeness (QED) is 0.171. The third-order valence-corrected chi connectivity index (χ3v) is 4.36. The number of pyridine rings is 1. The van der Waals surface area contributed by atoms with Gasteiger partial charge in [0.1, 0.15) is 5.69 Å². The maximum absolute atomic E-state index is 11.9. The zero-order valence-electron chi connectivity index (χ0n) is 18.6. The van der Waals surface area contributed by atoms with Gasteiger partial charge in [-0.2, -0.15) is 5.11 Å². The number of hydrogen-bond donors (Lipinski definition) is 3. The van der Waals surface area contributed by atoms with Crippen LogP contribution in [0.5, 0.6) is 5.75 Å².